The number of benzene rings is 1. The molecule has 1 fully saturated rings. The van der Waals surface area contributed by atoms with Crippen LogP contribution in [0.3, 0.4) is 0 Å². The summed E-state index contributed by atoms with van der Waals surface area (Å²) in [5.74, 6) is 1.25. The number of rotatable bonds is 2. The van der Waals surface area contributed by atoms with Crippen LogP contribution in [0.15, 0.2) is 18.2 Å². The molecule has 0 atom stereocenters. The molecule has 19 heavy (non-hydrogen) atoms. The first-order valence-corrected chi connectivity index (χ1v) is 6.26. The Bertz CT molecular complexity index is 461. The molecule has 0 aliphatic carbocycles. The standard InChI is InChI=1S/C13H16N2O3.ClH/c16-12-8-17-13-10(15-12)2-1-3-11(13)18-9-4-6-14-7-5-9;/h1-3,9,14H,4-8H2,(H,15,16);1H. The van der Waals surface area contributed by atoms with Crippen molar-refractivity contribution in [1.29, 1.82) is 0 Å². The van der Waals surface area contributed by atoms with Crippen molar-refractivity contribution < 1.29 is 14.3 Å². The van der Waals surface area contributed by atoms with E-state index in [0.717, 1.165) is 31.7 Å². The molecule has 2 heterocycles. The lowest BCUT2D eigenvalue weighted by atomic mass is 10.1. The highest BCUT2D eigenvalue weighted by atomic mass is 35.5. The van der Waals surface area contributed by atoms with E-state index in [4.69, 9.17) is 9.47 Å². The molecule has 1 saturated heterocycles. The fourth-order valence-electron chi connectivity index (χ4n) is 2.27. The lowest BCUT2D eigenvalue weighted by Crippen LogP contribution is -2.34. The number of amides is 1. The van der Waals surface area contributed by atoms with Crippen molar-refractivity contribution >= 4 is 24.0 Å². The molecule has 3 rings (SSSR count). The third-order valence-corrected chi connectivity index (χ3v) is 3.18. The van der Waals surface area contributed by atoms with E-state index in [1.54, 1.807) is 0 Å². The lowest BCUT2D eigenvalue weighted by molar-refractivity contribution is -0.118. The molecule has 0 bridgehead atoms. The van der Waals surface area contributed by atoms with Gasteiger partial charge in [0.25, 0.3) is 5.91 Å². The number of halogens is 1. The number of para-hydroxylation sites is 1. The Morgan fingerprint density at radius 1 is 1.26 bits per heavy atom. The Kier molecular flexibility index (Phi) is 4.50. The summed E-state index contributed by atoms with van der Waals surface area (Å²) in [4.78, 5) is 11.2. The Hall–Kier alpha value is -1.46. The summed E-state index contributed by atoms with van der Waals surface area (Å²) < 4.78 is 11.4. The summed E-state index contributed by atoms with van der Waals surface area (Å²) in [5.41, 5.74) is 0.692. The zero-order valence-corrected chi connectivity index (χ0v) is 11.3. The van der Waals surface area contributed by atoms with Crippen molar-refractivity contribution in [2.45, 2.75) is 18.9 Å². The molecule has 0 spiro atoms. The summed E-state index contributed by atoms with van der Waals surface area (Å²) in [6, 6.07) is 5.57. The minimum atomic E-state index is -0.124. The smallest absolute Gasteiger partial charge is 0.262 e. The monoisotopic (exact) mass is 284 g/mol. The van der Waals surface area contributed by atoms with Crippen LogP contribution in [0.25, 0.3) is 0 Å². The molecule has 0 unspecified atom stereocenters. The zero-order chi connectivity index (χ0) is 12.4. The molecule has 0 radical (unpaired) electrons. The van der Waals surface area contributed by atoms with Crippen molar-refractivity contribution in [2.24, 2.45) is 0 Å². The van der Waals surface area contributed by atoms with E-state index in [1.807, 2.05) is 18.2 Å². The molecule has 104 valence electrons. The van der Waals surface area contributed by atoms with Gasteiger partial charge in [0.15, 0.2) is 18.1 Å². The Morgan fingerprint density at radius 3 is 2.84 bits per heavy atom. The molecule has 5 nitrogen and oxygen atoms in total. The highest BCUT2D eigenvalue weighted by molar-refractivity contribution is 5.96. The number of hydrogen-bond acceptors (Lipinski definition) is 4. The summed E-state index contributed by atoms with van der Waals surface area (Å²) in [6.07, 6.45) is 2.21. The van der Waals surface area contributed by atoms with Gasteiger partial charge in [-0.25, -0.2) is 0 Å². The molecule has 2 aliphatic heterocycles. The summed E-state index contributed by atoms with van der Waals surface area (Å²) >= 11 is 0. The van der Waals surface area contributed by atoms with E-state index in [9.17, 15) is 4.79 Å². The second kappa shape index (κ2) is 6.12. The highest BCUT2D eigenvalue weighted by Gasteiger charge is 2.22. The van der Waals surface area contributed by atoms with Crippen LogP contribution < -0.4 is 20.1 Å². The van der Waals surface area contributed by atoms with Gasteiger partial charge in [0, 0.05) is 0 Å². The van der Waals surface area contributed by atoms with Gasteiger partial charge in [-0.2, -0.15) is 0 Å². The molecular formula is C13H17ClN2O3. The van der Waals surface area contributed by atoms with E-state index in [1.165, 1.54) is 0 Å². The first kappa shape index (κ1) is 14.0. The first-order chi connectivity index (χ1) is 8.83. The topological polar surface area (TPSA) is 59.6 Å². The van der Waals surface area contributed by atoms with Crippen molar-refractivity contribution in [2.75, 3.05) is 25.0 Å². The second-order valence-corrected chi connectivity index (χ2v) is 4.54. The number of anilines is 1. The highest BCUT2D eigenvalue weighted by Crippen LogP contribution is 2.38. The molecule has 1 aromatic carbocycles. The number of fused-ring (bicyclic) bond motifs is 1. The number of ether oxygens (including phenoxy) is 2. The van der Waals surface area contributed by atoms with E-state index >= 15 is 0 Å². The van der Waals surface area contributed by atoms with Gasteiger partial charge >= 0.3 is 0 Å². The number of piperidine rings is 1. The predicted molar refractivity (Wildman–Crippen MR) is 74.3 cm³/mol. The second-order valence-electron chi connectivity index (χ2n) is 4.54. The van der Waals surface area contributed by atoms with Crippen LogP contribution in [0.5, 0.6) is 11.5 Å². The van der Waals surface area contributed by atoms with Crippen LogP contribution in [-0.2, 0) is 4.79 Å². The molecule has 1 amide bonds. The zero-order valence-electron chi connectivity index (χ0n) is 10.5. The van der Waals surface area contributed by atoms with Crippen LogP contribution >= 0.6 is 12.4 Å². The maximum absolute atomic E-state index is 11.2. The van der Waals surface area contributed by atoms with Crippen molar-refractivity contribution in [1.82, 2.24) is 5.32 Å². The minimum Gasteiger partial charge on any atom is -0.486 e. The van der Waals surface area contributed by atoms with Crippen LogP contribution in [-0.4, -0.2) is 31.7 Å². The molecule has 0 aromatic heterocycles. The number of carbonyl (C=O) groups is 1. The minimum absolute atomic E-state index is 0. The predicted octanol–water partition coefficient (Wildman–Crippen LogP) is 1.57. The van der Waals surface area contributed by atoms with E-state index in [-0.39, 0.29) is 31.0 Å². The van der Waals surface area contributed by atoms with Gasteiger partial charge in [-0.3, -0.25) is 4.79 Å². The Balaban J connectivity index is 0.00000133. The van der Waals surface area contributed by atoms with Crippen LogP contribution in [0.2, 0.25) is 0 Å². The van der Waals surface area contributed by atoms with Crippen LogP contribution in [0, 0.1) is 0 Å². The van der Waals surface area contributed by atoms with Crippen molar-refractivity contribution in [3.05, 3.63) is 18.2 Å². The molecule has 2 aliphatic rings. The molecular weight excluding hydrogens is 268 g/mol. The molecule has 1 aromatic rings. The fraction of sp³-hybridized carbons (Fsp3) is 0.462. The fourth-order valence-corrected chi connectivity index (χ4v) is 2.27. The Morgan fingerprint density at radius 2 is 2.05 bits per heavy atom. The maximum Gasteiger partial charge on any atom is 0.262 e. The average Bonchev–Trinajstić information content (AvgIpc) is 2.40. The molecule has 6 heteroatoms. The largest absolute Gasteiger partial charge is 0.486 e. The third kappa shape index (κ3) is 3.11. The Labute approximate surface area is 118 Å². The van der Waals surface area contributed by atoms with E-state index in [2.05, 4.69) is 10.6 Å². The lowest BCUT2D eigenvalue weighted by Gasteiger charge is -2.26. The van der Waals surface area contributed by atoms with Crippen LogP contribution in [0.1, 0.15) is 12.8 Å². The van der Waals surface area contributed by atoms with Gasteiger partial charge in [0.05, 0.1) is 5.69 Å². The van der Waals surface area contributed by atoms with Gasteiger partial charge in [-0.05, 0) is 38.1 Å². The van der Waals surface area contributed by atoms with Crippen molar-refractivity contribution in [3.63, 3.8) is 0 Å². The molecule has 2 N–H and O–H groups in total. The quantitative estimate of drug-likeness (QED) is 0.865. The third-order valence-electron chi connectivity index (χ3n) is 3.18. The number of carbonyl (C=O) groups excluding carboxylic acids is 1. The van der Waals surface area contributed by atoms with Gasteiger partial charge in [-0.15, -0.1) is 12.4 Å². The summed E-state index contributed by atoms with van der Waals surface area (Å²) in [6.45, 7) is 2.02. The van der Waals surface area contributed by atoms with E-state index < -0.39 is 0 Å². The van der Waals surface area contributed by atoms with Gasteiger partial charge in [0.2, 0.25) is 0 Å². The number of nitrogens with one attached hydrogen (secondary N) is 2. The maximum atomic E-state index is 11.2. The summed E-state index contributed by atoms with van der Waals surface area (Å²) in [5, 5.41) is 6.08. The summed E-state index contributed by atoms with van der Waals surface area (Å²) in [7, 11) is 0. The molecule has 0 saturated carbocycles. The van der Waals surface area contributed by atoms with Crippen LogP contribution in [0.4, 0.5) is 5.69 Å². The van der Waals surface area contributed by atoms with Crippen molar-refractivity contribution in [3.8, 4) is 11.5 Å². The van der Waals surface area contributed by atoms with Gasteiger partial charge < -0.3 is 20.1 Å². The normalized spacial score (nSPS) is 18.6. The van der Waals surface area contributed by atoms with E-state index in [0.29, 0.717) is 11.4 Å². The SMILES string of the molecule is Cl.O=C1COc2c(cccc2OC2CCNCC2)N1. The first-order valence-electron chi connectivity index (χ1n) is 6.26. The van der Waals surface area contributed by atoms with Gasteiger partial charge in [-0.1, -0.05) is 6.07 Å². The average molecular weight is 285 g/mol. The van der Waals surface area contributed by atoms with Gasteiger partial charge in [0.1, 0.15) is 6.10 Å². The number of hydrogen-bond donors (Lipinski definition) is 2.